The number of alkyl halides is 2. The molecule has 0 saturated carbocycles. The molecule has 4 heterocycles. The Morgan fingerprint density at radius 3 is 2.28 bits per heavy atom. The second-order valence-corrected chi connectivity index (χ2v) is 18.5. The summed E-state index contributed by atoms with van der Waals surface area (Å²) in [5.41, 5.74) is -0.0740. The number of nitrogens with one attached hydrogen (secondary N) is 1. The summed E-state index contributed by atoms with van der Waals surface area (Å²) in [6.07, 6.45) is 0. The van der Waals surface area contributed by atoms with Gasteiger partial charge in [0.2, 0.25) is 5.91 Å². The number of carbonyl (C=O) groups is 1. The molecule has 1 amide bonds. The van der Waals surface area contributed by atoms with Crippen molar-refractivity contribution in [2.24, 2.45) is 5.41 Å². The number of aromatic nitrogens is 3. The summed E-state index contributed by atoms with van der Waals surface area (Å²) in [4.78, 5) is 29.7. The lowest BCUT2D eigenvalue weighted by molar-refractivity contribution is -0.161. The Hall–Kier alpha value is -3.25. The number of pyridine rings is 1. The van der Waals surface area contributed by atoms with Crippen LogP contribution >= 0.6 is 0 Å². The number of rotatable bonds is 11. The van der Waals surface area contributed by atoms with Crippen LogP contribution in [0.2, 0.25) is 18.1 Å². The molecule has 1 N–H and O–H groups in total. The van der Waals surface area contributed by atoms with Gasteiger partial charge in [0.05, 0.1) is 28.4 Å². The molecule has 2 fully saturated rings. The van der Waals surface area contributed by atoms with E-state index < -0.39 is 37.3 Å². The van der Waals surface area contributed by atoms with Gasteiger partial charge in [-0.1, -0.05) is 32.9 Å². The Balaban J connectivity index is 1.42. The summed E-state index contributed by atoms with van der Waals surface area (Å²) in [5.74, 6) is -3.50. The van der Waals surface area contributed by atoms with Crippen LogP contribution in [0.5, 0.6) is 0 Å². The van der Waals surface area contributed by atoms with E-state index >= 15 is 13.2 Å². The zero-order chi connectivity index (χ0) is 33.8. The zero-order valence-corrected chi connectivity index (χ0v) is 29.5. The molecular weight excluding hydrogens is 609 g/mol. The molecule has 1 aromatic carbocycles. The van der Waals surface area contributed by atoms with Crippen molar-refractivity contribution in [3.8, 4) is 0 Å². The minimum Gasteiger partial charge on any atom is -0.405 e. The summed E-state index contributed by atoms with van der Waals surface area (Å²) >= 11 is 0. The van der Waals surface area contributed by atoms with E-state index in [9.17, 15) is 4.79 Å². The highest BCUT2D eigenvalue weighted by Crippen LogP contribution is 2.46. The minimum atomic E-state index is -3.57. The molecule has 2 saturated heterocycles. The molecule has 2 aliphatic heterocycles. The van der Waals surface area contributed by atoms with Crippen molar-refractivity contribution in [3.05, 3.63) is 52.7 Å². The van der Waals surface area contributed by atoms with Gasteiger partial charge in [0.1, 0.15) is 23.1 Å². The van der Waals surface area contributed by atoms with Crippen LogP contribution in [0.15, 0.2) is 24.3 Å². The van der Waals surface area contributed by atoms with Gasteiger partial charge in [0.25, 0.3) is 0 Å². The molecule has 2 aromatic heterocycles. The number of anilines is 2. The third-order valence-electron chi connectivity index (χ3n) is 10.2. The van der Waals surface area contributed by atoms with E-state index in [1.54, 1.807) is 20.8 Å². The zero-order valence-electron chi connectivity index (χ0n) is 28.5. The van der Waals surface area contributed by atoms with Crippen LogP contribution in [0.1, 0.15) is 77.2 Å². The molecule has 46 heavy (non-hydrogen) atoms. The van der Waals surface area contributed by atoms with E-state index in [-0.39, 0.29) is 16.9 Å². The second-order valence-electron chi connectivity index (χ2n) is 13.8. The SMILES string of the molecule is CC[Si](CC)(CC)OC(C)(C)C(F)(F)c1cccc(C(C)Nc2nc(C)nc3nc(C)c(N4CC5(CN(C(C)=O)C5)C4)cc23)c1F. The Morgan fingerprint density at radius 2 is 1.70 bits per heavy atom. The topological polar surface area (TPSA) is 83.5 Å². The molecule has 8 nitrogen and oxygen atoms in total. The van der Waals surface area contributed by atoms with E-state index in [1.807, 2.05) is 38.7 Å². The molecule has 2 aliphatic rings. The number of fused-ring (bicyclic) bond motifs is 1. The number of likely N-dealkylation sites (tertiary alicyclic amines) is 1. The van der Waals surface area contributed by atoms with E-state index in [4.69, 9.17) is 9.41 Å². The first-order valence-corrected chi connectivity index (χ1v) is 18.8. The summed E-state index contributed by atoms with van der Waals surface area (Å²) in [7, 11) is -2.42. The van der Waals surface area contributed by atoms with Gasteiger partial charge in [-0.15, -0.1) is 0 Å². The number of aryl methyl sites for hydroxylation is 2. The van der Waals surface area contributed by atoms with Crippen LogP contribution in [0.25, 0.3) is 11.0 Å². The Bertz CT molecular complexity index is 1620. The van der Waals surface area contributed by atoms with E-state index in [0.717, 1.165) is 43.6 Å². The van der Waals surface area contributed by atoms with Gasteiger partial charge >= 0.3 is 5.92 Å². The first-order chi connectivity index (χ1) is 21.5. The number of benzene rings is 1. The van der Waals surface area contributed by atoms with Gasteiger partial charge in [-0.25, -0.2) is 19.3 Å². The van der Waals surface area contributed by atoms with Gasteiger partial charge in [-0.2, -0.15) is 8.78 Å². The van der Waals surface area contributed by atoms with Crippen molar-refractivity contribution in [1.29, 1.82) is 0 Å². The number of carbonyl (C=O) groups excluding carboxylic acids is 1. The lowest BCUT2D eigenvalue weighted by atomic mass is 9.72. The monoisotopic (exact) mass is 656 g/mol. The molecule has 1 spiro atoms. The fourth-order valence-corrected chi connectivity index (χ4v) is 10.2. The Kier molecular flexibility index (Phi) is 8.95. The number of hydrogen-bond acceptors (Lipinski definition) is 7. The van der Waals surface area contributed by atoms with Gasteiger partial charge in [0, 0.05) is 44.1 Å². The van der Waals surface area contributed by atoms with E-state index in [1.165, 1.54) is 26.0 Å². The van der Waals surface area contributed by atoms with Crippen molar-refractivity contribution < 1.29 is 22.4 Å². The first-order valence-electron chi connectivity index (χ1n) is 16.3. The summed E-state index contributed by atoms with van der Waals surface area (Å²) in [6.45, 7) is 18.9. The highest BCUT2D eigenvalue weighted by atomic mass is 28.4. The quantitative estimate of drug-likeness (QED) is 0.214. The molecule has 0 aliphatic carbocycles. The van der Waals surface area contributed by atoms with Gasteiger partial charge < -0.3 is 19.5 Å². The maximum absolute atomic E-state index is 16.2. The van der Waals surface area contributed by atoms with Crippen LogP contribution in [0, 0.1) is 25.1 Å². The summed E-state index contributed by atoms with van der Waals surface area (Å²) < 4.78 is 54.8. The first kappa shape index (κ1) is 34.1. The Morgan fingerprint density at radius 1 is 1.07 bits per heavy atom. The number of nitrogens with zero attached hydrogens (tertiary/aromatic N) is 5. The van der Waals surface area contributed by atoms with Crippen LogP contribution in [0.3, 0.4) is 0 Å². The van der Waals surface area contributed by atoms with E-state index in [0.29, 0.717) is 40.8 Å². The standard InChI is InChI=1S/C34H47F3N6O2Si/c1-10-46(11-2,12-3)45-32(8,9)34(36,37)27-15-13-14-25(29(27)35)21(4)38-30-26-16-28(22(5)39-31(26)41-23(6)40-30)43-19-33(20-43)17-42(18-33)24(7)44/h13-16,21H,10-12,17-20H2,1-9H3,(H,38,39,40,41). The van der Waals surface area contributed by atoms with Crippen molar-refractivity contribution in [3.63, 3.8) is 0 Å². The maximum Gasteiger partial charge on any atom is 0.302 e. The van der Waals surface area contributed by atoms with Crippen LogP contribution in [-0.4, -0.2) is 65.9 Å². The van der Waals surface area contributed by atoms with Crippen LogP contribution in [-0.2, 0) is 15.1 Å². The molecule has 3 aromatic rings. The molecular formula is C34H47F3N6O2Si. The second kappa shape index (κ2) is 12.1. The molecule has 250 valence electrons. The average molecular weight is 657 g/mol. The number of halogens is 3. The molecule has 0 bridgehead atoms. The highest BCUT2D eigenvalue weighted by molar-refractivity contribution is 6.73. The lowest BCUT2D eigenvalue weighted by Gasteiger charge is -2.60. The van der Waals surface area contributed by atoms with Gasteiger partial charge in [0.15, 0.2) is 14.0 Å². The van der Waals surface area contributed by atoms with Crippen molar-refractivity contribution in [2.75, 3.05) is 36.4 Å². The summed E-state index contributed by atoms with van der Waals surface area (Å²) in [6, 6.07) is 7.58. The smallest absolute Gasteiger partial charge is 0.302 e. The molecule has 0 radical (unpaired) electrons. The predicted octanol–water partition coefficient (Wildman–Crippen LogP) is 7.51. The molecule has 1 atom stereocenters. The average Bonchev–Trinajstić information content (AvgIpc) is 2.94. The largest absolute Gasteiger partial charge is 0.405 e. The van der Waals surface area contributed by atoms with Crippen molar-refractivity contribution in [1.82, 2.24) is 19.9 Å². The molecule has 12 heteroatoms. The third-order valence-corrected chi connectivity index (χ3v) is 15.0. The summed E-state index contributed by atoms with van der Waals surface area (Å²) in [5, 5.41) is 3.94. The molecule has 1 unspecified atom stereocenters. The van der Waals surface area contributed by atoms with Gasteiger partial charge in [-0.3, -0.25) is 4.79 Å². The Labute approximate surface area is 271 Å². The lowest BCUT2D eigenvalue weighted by Crippen LogP contribution is -2.73. The predicted molar refractivity (Wildman–Crippen MR) is 178 cm³/mol. The van der Waals surface area contributed by atoms with Crippen molar-refractivity contribution >= 4 is 36.8 Å². The molecule has 5 rings (SSSR count). The normalized spacial score (nSPS) is 17.2. The minimum absolute atomic E-state index is 0.0980. The number of amides is 1. The maximum atomic E-state index is 16.2. The third kappa shape index (κ3) is 5.87. The van der Waals surface area contributed by atoms with Crippen LogP contribution < -0.4 is 10.2 Å². The van der Waals surface area contributed by atoms with Gasteiger partial charge in [-0.05, 0) is 64.9 Å². The van der Waals surface area contributed by atoms with E-state index in [2.05, 4.69) is 20.2 Å². The fraction of sp³-hybridized carbons (Fsp3) is 0.588. The van der Waals surface area contributed by atoms with Crippen molar-refractivity contribution in [2.45, 2.75) is 98.0 Å². The number of hydrogen-bond donors (Lipinski definition) is 1. The van der Waals surface area contributed by atoms with Crippen LogP contribution in [0.4, 0.5) is 24.7 Å². The fourth-order valence-electron chi connectivity index (χ4n) is 7.10. The highest BCUT2D eigenvalue weighted by Gasteiger charge is 2.54.